The van der Waals surface area contributed by atoms with Gasteiger partial charge in [-0.2, -0.15) is 0 Å². The summed E-state index contributed by atoms with van der Waals surface area (Å²) in [5.41, 5.74) is 0.356. The molecule has 0 saturated carbocycles. The molecule has 0 radical (unpaired) electrons. The van der Waals surface area contributed by atoms with Crippen LogP contribution in [0.3, 0.4) is 0 Å². The average molecular weight is 394 g/mol. The fourth-order valence-electron chi connectivity index (χ4n) is 1.44. The first kappa shape index (κ1) is 13.8. The Morgan fingerprint density at radius 1 is 1.11 bits per heavy atom. The van der Waals surface area contributed by atoms with Crippen LogP contribution in [-0.4, -0.2) is 0 Å². The first-order valence-corrected chi connectivity index (χ1v) is 7.20. The molecule has 1 nitrogen and oxygen atoms in total. The van der Waals surface area contributed by atoms with Crippen LogP contribution in [0.15, 0.2) is 45.3 Å². The summed E-state index contributed by atoms with van der Waals surface area (Å²) in [7, 11) is 0. The number of rotatable bonds is 3. The molecule has 2 aromatic rings. The van der Waals surface area contributed by atoms with Crippen LogP contribution < -0.4 is 4.74 Å². The van der Waals surface area contributed by atoms with Crippen LogP contribution in [0.1, 0.15) is 5.56 Å². The Morgan fingerprint density at radius 3 is 2.56 bits per heavy atom. The van der Waals surface area contributed by atoms with Gasteiger partial charge in [0.05, 0.1) is 10.4 Å². The number of hydrogen-bond donors (Lipinski definition) is 0. The maximum absolute atomic E-state index is 13.5. The number of ether oxygens (including phenoxy) is 1. The van der Waals surface area contributed by atoms with Crippen molar-refractivity contribution in [2.24, 2.45) is 0 Å². The molecular weight excluding hydrogens is 386 g/mol. The number of halogens is 4. The molecule has 0 amide bonds. The van der Waals surface area contributed by atoms with Crippen molar-refractivity contribution in [1.82, 2.24) is 0 Å². The molecule has 94 valence electrons. The first-order valence-electron chi connectivity index (χ1n) is 5.08. The van der Waals surface area contributed by atoms with Gasteiger partial charge in [0.1, 0.15) is 17.3 Å². The summed E-state index contributed by atoms with van der Waals surface area (Å²) in [5.74, 6) is 0.731. The van der Waals surface area contributed by atoms with E-state index >= 15 is 0 Å². The molecule has 0 aliphatic rings. The van der Waals surface area contributed by atoms with E-state index in [0.29, 0.717) is 17.1 Å². The lowest BCUT2D eigenvalue weighted by atomic mass is 10.2. The monoisotopic (exact) mass is 392 g/mol. The minimum atomic E-state index is -0.365. The highest BCUT2D eigenvalue weighted by molar-refractivity contribution is 9.11. The fourth-order valence-corrected chi connectivity index (χ4v) is 2.83. The van der Waals surface area contributed by atoms with Gasteiger partial charge in [0, 0.05) is 10.0 Å². The molecule has 0 unspecified atom stereocenters. The molecule has 0 aromatic heterocycles. The molecule has 18 heavy (non-hydrogen) atoms. The summed E-state index contributed by atoms with van der Waals surface area (Å²) in [5, 5.41) is 0. The molecule has 0 spiro atoms. The van der Waals surface area contributed by atoms with Crippen molar-refractivity contribution in [1.29, 1.82) is 0 Å². The third-order valence-electron chi connectivity index (χ3n) is 2.32. The molecule has 0 aliphatic heterocycles. The Labute approximate surface area is 126 Å². The van der Waals surface area contributed by atoms with Crippen LogP contribution in [0.25, 0.3) is 0 Å². The third kappa shape index (κ3) is 3.05. The summed E-state index contributed by atoms with van der Waals surface area (Å²) in [6.07, 6.45) is 0. The maximum atomic E-state index is 13.5. The molecule has 0 saturated heterocycles. The first-order chi connectivity index (χ1) is 8.61. The van der Waals surface area contributed by atoms with Gasteiger partial charge in [-0.3, -0.25) is 0 Å². The minimum absolute atomic E-state index is 0.0656. The topological polar surface area (TPSA) is 9.23 Å². The van der Waals surface area contributed by atoms with E-state index in [-0.39, 0.29) is 11.7 Å². The number of hydrogen-bond acceptors (Lipinski definition) is 1. The summed E-state index contributed by atoms with van der Waals surface area (Å²) in [6.45, 7) is 0. The van der Waals surface area contributed by atoms with Crippen molar-refractivity contribution >= 4 is 43.5 Å². The zero-order valence-electron chi connectivity index (χ0n) is 9.09. The van der Waals surface area contributed by atoms with Crippen LogP contribution >= 0.6 is 43.5 Å². The van der Waals surface area contributed by atoms with Crippen LogP contribution in [0, 0.1) is 5.82 Å². The lowest BCUT2D eigenvalue weighted by Gasteiger charge is -2.11. The van der Waals surface area contributed by atoms with E-state index in [1.54, 1.807) is 18.2 Å². The molecule has 0 aliphatic carbocycles. The standard InChI is InChI=1S/C13H8Br2ClFO/c14-8-4-5-13(10(15)6-8)18-12-3-1-2-11(17)9(12)7-16/h1-6H,7H2. The molecule has 0 bridgehead atoms. The summed E-state index contributed by atoms with van der Waals surface area (Å²) >= 11 is 12.5. The fraction of sp³-hybridized carbons (Fsp3) is 0.0769. The smallest absolute Gasteiger partial charge is 0.141 e. The van der Waals surface area contributed by atoms with Gasteiger partial charge in [-0.05, 0) is 46.3 Å². The van der Waals surface area contributed by atoms with Gasteiger partial charge in [0.2, 0.25) is 0 Å². The molecule has 0 fully saturated rings. The van der Waals surface area contributed by atoms with Crippen LogP contribution in [-0.2, 0) is 5.88 Å². The van der Waals surface area contributed by atoms with Gasteiger partial charge in [-0.1, -0.05) is 22.0 Å². The van der Waals surface area contributed by atoms with Crippen molar-refractivity contribution in [3.8, 4) is 11.5 Å². The quantitative estimate of drug-likeness (QED) is 0.591. The second-order valence-corrected chi connectivity index (χ2v) is 5.56. The molecule has 0 atom stereocenters. The van der Waals surface area contributed by atoms with Crippen LogP contribution in [0.4, 0.5) is 4.39 Å². The second-order valence-electron chi connectivity index (χ2n) is 3.53. The summed E-state index contributed by atoms with van der Waals surface area (Å²) in [6, 6.07) is 10.1. The second kappa shape index (κ2) is 6.04. The highest BCUT2D eigenvalue weighted by Gasteiger charge is 2.11. The van der Waals surface area contributed by atoms with Crippen molar-refractivity contribution in [2.45, 2.75) is 5.88 Å². The SMILES string of the molecule is Fc1cccc(Oc2ccc(Br)cc2Br)c1CCl. The molecule has 0 heterocycles. The zero-order chi connectivity index (χ0) is 13.1. The van der Waals surface area contributed by atoms with Crippen molar-refractivity contribution in [3.63, 3.8) is 0 Å². The third-order valence-corrected chi connectivity index (χ3v) is 3.70. The Kier molecular flexibility index (Phi) is 4.65. The number of alkyl halides is 1. The average Bonchev–Trinajstić information content (AvgIpc) is 2.33. The van der Waals surface area contributed by atoms with E-state index in [4.69, 9.17) is 16.3 Å². The van der Waals surface area contributed by atoms with Crippen LogP contribution in [0.5, 0.6) is 11.5 Å². The molecule has 2 rings (SSSR count). The Morgan fingerprint density at radius 2 is 1.89 bits per heavy atom. The summed E-state index contributed by atoms with van der Waals surface area (Å²) in [4.78, 5) is 0. The van der Waals surface area contributed by atoms with Gasteiger partial charge in [0.25, 0.3) is 0 Å². The van der Waals surface area contributed by atoms with Crippen molar-refractivity contribution in [3.05, 3.63) is 56.7 Å². The molecule has 2 aromatic carbocycles. The van der Waals surface area contributed by atoms with Crippen molar-refractivity contribution < 1.29 is 9.13 Å². The minimum Gasteiger partial charge on any atom is -0.456 e. The van der Waals surface area contributed by atoms with E-state index in [1.165, 1.54) is 6.07 Å². The maximum Gasteiger partial charge on any atom is 0.141 e. The normalized spacial score (nSPS) is 10.4. The lowest BCUT2D eigenvalue weighted by molar-refractivity contribution is 0.467. The largest absolute Gasteiger partial charge is 0.456 e. The van der Waals surface area contributed by atoms with E-state index < -0.39 is 0 Å². The van der Waals surface area contributed by atoms with E-state index in [1.807, 2.05) is 12.1 Å². The van der Waals surface area contributed by atoms with Gasteiger partial charge < -0.3 is 4.74 Å². The Bertz CT molecular complexity index is 575. The van der Waals surface area contributed by atoms with Gasteiger partial charge >= 0.3 is 0 Å². The highest BCUT2D eigenvalue weighted by atomic mass is 79.9. The van der Waals surface area contributed by atoms with Crippen LogP contribution in [0.2, 0.25) is 0 Å². The Balaban J connectivity index is 2.37. The van der Waals surface area contributed by atoms with Gasteiger partial charge in [-0.15, -0.1) is 11.6 Å². The molecule has 5 heteroatoms. The van der Waals surface area contributed by atoms with E-state index in [9.17, 15) is 4.39 Å². The summed E-state index contributed by atoms with van der Waals surface area (Å²) < 4.78 is 20.9. The Hall–Kier alpha value is -0.580. The number of benzene rings is 2. The van der Waals surface area contributed by atoms with E-state index in [2.05, 4.69) is 31.9 Å². The predicted molar refractivity (Wildman–Crippen MR) is 77.9 cm³/mol. The van der Waals surface area contributed by atoms with Gasteiger partial charge in [0.15, 0.2) is 0 Å². The highest BCUT2D eigenvalue weighted by Crippen LogP contribution is 2.34. The van der Waals surface area contributed by atoms with E-state index in [0.717, 1.165) is 8.95 Å². The lowest BCUT2D eigenvalue weighted by Crippen LogP contribution is -1.93. The molecule has 0 N–H and O–H groups in total. The predicted octanol–water partition coefficient (Wildman–Crippen LogP) is 5.88. The van der Waals surface area contributed by atoms with Crippen molar-refractivity contribution in [2.75, 3.05) is 0 Å². The van der Waals surface area contributed by atoms with Gasteiger partial charge in [-0.25, -0.2) is 4.39 Å². The molecular formula is C13H8Br2ClFO. The zero-order valence-corrected chi connectivity index (χ0v) is 13.0.